The average Bonchev–Trinajstić information content (AvgIpc) is 2.84. The number of hydrogen-bond acceptors (Lipinski definition) is 3. The van der Waals surface area contributed by atoms with Gasteiger partial charge in [-0.15, -0.1) is 0 Å². The Labute approximate surface area is 248 Å². The maximum Gasteiger partial charge on any atom is 0.460 e. The van der Waals surface area contributed by atoms with Gasteiger partial charge in [0.1, 0.15) is 0 Å². The van der Waals surface area contributed by atoms with Gasteiger partial charge in [0.15, 0.2) is 0 Å². The van der Waals surface area contributed by atoms with Crippen molar-refractivity contribution in [1.29, 1.82) is 0 Å². The first-order valence-corrected chi connectivity index (χ1v) is 13.2. The number of carboxylic acids is 1. The predicted octanol–water partition coefficient (Wildman–Crippen LogP) is 6.13. The van der Waals surface area contributed by atoms with Gasteiger partial charge in [-0.05, 0) is 0 Å². The number of sulfonamides is 1. The normalized spacial score (nSPS) is 16.1. The number of halogens is 21. The Morgan fingerprint density at radius 1 is 0.574 bits per heavy atom. The van der Waals surface area contributed by atoms with Gasteiger partial charge in [0.2, 0.25) is 10.0 Å². The van der Waals surface area contributed by atoms with Crippen molar-refractivity contribution in [3.63, 3.8) is 0 Å². The standard InChI is InChI=1S/C19H19F21N2O4S/c1-42(2,6-3-9(43)44)7-5-41-47(45,46)8-4-10(20,21)11(22,23)12(24,25)13(26,27)14(28,29)15(30,31)16(32,33)17(34,35)18(36,37)19(38,39)40/h41H,3-8H2,1-2H3/p+1. The van der Waals surface area contributed by atoms with E-state index in [1.807, 2.05) is 0 Å². The number of hydrogen-bond donors (Lipinski definition) is 2. The molecule has 0 spiro atoms. The summed E-state index contributed by atoms with van der Waals surface area (Å²) in [5.74, 6) is -82.3. The largest absolute Gasteiger partial charge is 0.481 e. The van der Waals surface area contributed by atoms with Crippen molar-refractivity contribution in [2.45, 2.75) is 72.3 Å². The molecule has 0 amide bonds. The monoisotopic (exact) mass is 771 g/mol. The summed E-state index contributed by atoms with van der Waals surface area (Å²) >= 11 is 0. The molecular weight excluding hydrogens is 751 g/mol. The summed E-state index contributed by atoms with van der Waals surface area (Å²) < 4.78 is 306. The quantitative estimate of drug-likeness (QED) is 0.130. The molecule has 0 aliphatic heterocycles. The fraction of sp³-hybridized carbons (Fsp3) is 0.947. The second-order valence-corrected chi connectivity index (χ2v) is 12.2. The summed E-state index contributed by atoms with van der Waals surface area (Å²) in [6, 6.07) is 0. The summed E-state index contributed by atoms with van der Waals surface area (Å²) in [5.41, 5.74) is 0. The van der Waals surface area contributed by atoms with Gasteiger partial charge in [0, 0.05) is 6.42 Å². The number of aliphatic carboxylic acids is 1. The molecule has 0 heterocycles. The van der Waals surface area contributed by atoms with Crippen LogP contribution >= 0.6 is 0 Å². The smallest absolute Gasteiger partial charge is 0.460 e. The molecule has 0 atom stereocenters. The Balaban J connectivity index is 6.43. The van der Waals surface area contributed by atoms with E-state index in [0.29, 0.717) is 0 Å². The second kappa shape index (κ2) is 12.6. The van der Waals surface area contributed by atoms with Crippen molar-refractivity contribution < 1.29 is 115 Å². The van der Waals surface area contributed by atoms with Crippen LogP contribution in [0.25, 0.3) is 0 Å². The molecule has 0 fully saturated rings. The molecule has 0 aliphatic rings. The van der Waals surface area contributed by atoms with Crippen molar-refractivity contribution in [3.8, 4) is 0 Å². The second-order valence-electron chi connectivity index (χ2n) is 10.3. The zero-order chi connectivity index (χ0) is 38.5. The maximum atomic E-state index is 14.0. The van der Waals surface area contributed by atoms with Crippen LogP contribution in [0.2, 0.25) is 0 Å². The Hall–Kier alpha value is -2.13. The molecule has 0 saturated heterocycles. The average molecular weight is 771 g/mol. The van der Waals surface area contributed by atoms with Crippen LogP contribution < -0.4 is 4.72 Å². The van der Waals surface area contributed by atoms with E-state index in [-0.39, 0.29) is 11.0 Å². The zero-order valence-electron chi connectivity index (χ0n) is 22.7. The molecule has 0 aliphatic carbocycles. The van der Waals surface area contributed by atoms with E-state index < -0.39 is 107 Å². The van der Waals surface area contributed by atoms with E-state index in [9.17, 15) is 105 Å². The molecule has 0 aromatic heterocycles. The molecule has 0 aromatic rings. The molecule has 2 N–H and O–H groups in total. The topological polar surface area (TPSA) is 83.5 Å². The molecule has 0 bridgehead atoms. The van der Waals surface area contributed by atoms with Crippen molar-refractivity contribution in [3.05, 3.63) is 0 Å². The van der Waals surface area contributed by atoms with E-state index in [4.69, 9.17) is 5.11 Å². The Morgan fingerprint density at radius 3 is 1.21 bits per heavy atom. The minimum Gasteiger partial charge on any atom is -0.481 e. The molecule has 0 saturated carbocycles. The lowest BCUT2D eigenvalue weighted by atomic mass is 9.86. The van der Waals surface area contributed by atoms with Crippen LogP contribution in [-0.2, 0) is 14.8 Å². The van der Waals surface area contributed by atoms with Crippen LogP contribution in [0.4, 0.5) is 92.2 Å². The summed E-state index contributed by atoms with van der Waals surface area (Å²) in [4.78, 5) is 10.6. The zero-order valence-corrected chi connectivity index (χ0v) is 23.5. The number of nitrogens with zero attached hydrogens (tertiary/aromatic N) is 1. The summed E-state index contributed by atoms with van der Waals surface area (Å²) in [6.07, 6.45) is -11.9. The number of alkyl halides is 21. The van der Waals surface area contributed by atoms with Gasteiger partial charge in [0.05, 0.1) is 45.9 Å². The number of carboxylic acid groups (broad SMARTS) is 1. The van der Waals surface area contributed by atoms with Crippen LogP contribution in [0.3, 0.4) is 0 Å². The van der Waals surface area contributed by atoms with Crippen LogP contribution in [-0.4, -0.2) is 123 Å². The lowest BCUT2D eigenvalue weighted by Crippen LogP contribution is -2.76. The molecule has 6 nitrogen and oxygen atoms in total. The SMILES string of the molecule is C[N+](C)(CCNS(=O)(=O)CCC(F)(F)C(F)(F)C(F)(F)C(F)(F)C(F)(F)C(F)(F)C(F)(F)C(F)(F)C(F)(F)C(F)(F)F)CCC(=O)O. The number of nitrogens with one attached hydrogen (secondary N) is 1. The van der Waals surface area contributed by atoms with Crippen molar-refractivity contribution in [1.82, 2.24) is 4.72 Å². The number of quaternary nitrogens is 1. The van der Waals surface area contributed by atoms with Crippen LogP contribution in [0.1, 0.15) is 12.8 Å². The third kappa shape index (κ3) is 7.71. The number of carbonyl (C=O) groups is 1. The molecule has 0 aromatic carbocycles. The van der Waals surface area contributed by atoms with Crippen LogP contribution in [0.15, 0.2) is 0 Å². The van der Waals surface area contributed by atoms with E-state index in [1.54, 1.807) is 0 Å². The lowest BCUT2D eigenvalue weighted by molar-refractivity contribution is -0.888. The molecule has 0 radical (unpaired) electrons. The van der Waals surface area contributed by atoms with Gasteiger partial charge in [-0.1, -0.05) is 0 Å². The lowest BCUT2D eigenvalue weighted by Gasteiger charge is -2.44. The van der Waals surface area contributed by atoms with Crippen molar-refractivity contribution in [2.75, 3.05) is 39.5 Å². The first-order valence-electron chi connectivity index (χ1n) is 11.6. The molecular formula is C19H20F21N2O4S+. The molecule has 282 valence electrons. The highest BCUT2D eigenvalue weighted by Gasteiger charge is 2.97. The first kappa shape index (κ1) is 44.9. The van der Waals surface area contributed by atoms with Gasteiger partial charge < -0.3 is 9.59 Å². The van der Waals surface area contributed by atoms with Gasteiger partial charge in [-0.25, -0.2) is 13.1 Å². The highest BCUT2D eigenvalue weighted by atomic mass is 32.2. The third-order valence-corrected chi connectivity index (χ3v) is 7.62. The minimum absolute atomic E-state index is 0.206. The predicted molar refractivity (Wildman–Crippen MR) is 111 cm³/mol. The van der Waals surface area contributed by atoms with E-state index >= 15 is 0 Å². The Morgan fingerprint density at radius 2 is 0.894 bits per heavy atom. The van der Waals surface area contributed by atoms with Crippen molar-refractivity contribution >= 4 is 16.0 Å². The molecule has 0 rings (SSSR count). The first-order chi connectivity index (χ1) is 20.1. The molecule has 28 heteroatoms. The summed E-state index contributed by atoms with van der Waals surface area (Å²) in [7, 11) is -2.82. The number of rotatable bonds is 18. The van der Waals surface area contributed by atoms with E-state index in [1.165, 1.54) is 18.8 Å². The fourth-order valence-corrected chi connectivity index (χ4v) is 4.17. The fourth-order valence-electron chi connectivity index (χ4n) is 3.10. The molecule has 0 unspecified atom stereocenters. The van der Waals surface area contributed by atoms with Gasteiger partial charge in [0.25, 0.3) is 0 Å². The summed E-state index contributed by atoms with van der Waals surface area (Å²) in [6.45, 7) is -1.45. The van der Waals surface area contributed by atoms with E-state index in [0.717, 1.165) is 0 Å². The Kier molecular flexibility index (Phi) is 12.1. The maximum absolute atomic E-state index is 14.0. The van der Waals surface area contributed by atoms with Gasteiger partial charge in [-0.2, -0.15) is 92.2 Å². The van der Waals surface area contributed by atoms with Gasteiger partial charge in [-0.3, -0.25) is 4.79 Å². The van der Waals surface area contributed by atoms with Gasteiger partial charge >= 0.3 is 65.4 Å². The summed E-state index contributed by atoms with van der Waals surface area (Å²) in [5, 5.41) is 8.60. The van der Waals surface area contributed by atoms with Crippen LogP contribution in [0.5, 0.6) is 0 Å². The Bertz CT molecular complexity index is 1230. The van der Waals surface area contributed by atoms with Crippen LogP contribution in [0, 0.1) is 0 Å². The van der Waals surface area contributed by atoms with E-state index in [2.05, 4.69) is 0 Å². The highest BCUT2D eigenvalue weighted by Crippen LogP contribution is 2.66. The minimum atomic E-state index is -9.29. The molecule has 47 heavy (non-hydrogen) atoms. The number of likely N-dealkylation sites (N-methyl/N-ethyl adjacent to an activating group) is 1. The highest BCUT2D eigenvalue weighted by molar-refractivity contribution is 7.89. The third-order valence-electron chi connectivity index (χ3n) is 6.23. The van der Waals surface area contributed by atoms with Crippen molar-refractivity contribution in [2.24, 2.45) is 0 Å².